The molecule has 5 nitrogen and oxygen atoms in total. The zero-order valence-electron chi connectivity index (χ0n) is 10.9. The average molecular weight is 236 g/mol. The van der Waals surface area contributed by atoms with Crippen LogP contribution in [0.15, 0.2) is 12.4 Å². The van der Waals surface area contributed by atoms with E-state index < -0.39 is 0 Å². The first-order valence-corrected chi connectivity index (χ1v) is 5.92. The minimum absolute atomic E-state index is 0.0891. The molecule has 1 atom stereocenters. The summed E-state index contributed by atoms with van der Waals surface area (Å²) < 4.78 is 0. The minimum atomic E-state index is -0.274. The molecule has 1 heterocycles. The first kappa shape index (κ1) is 13.4. The Labute approximate surface area is 102 Å². The van der Waals surface area contributed by atoms with Gasteiger partial charge in [-0.25, -0.2) is 9.97 Å². The van der Waals surface area contributed by atoms with Crippen LogP contribution < -0.4 is 5.32 Å². The highest BCUT2D eigenvalue weighted by atomic mass is 16.2. The van der Waals surface area contributed by atoms with Gasteiger partial charge in [0.05, 0.1) is 0 Å². The lowest BCUT2D eigenvalue weighted by molar-refractivity contribution is -0.131. The van der Waals surface area contributed by atoms with Gasteiger partial charge < -0.3 is 10.2 Å². The lowest BCUT2D eigenvalue weighted by Crippen LogP contribution is -2.41. The van der Waals surface area contributed by atoms with Crippen molar-refractivity contribution in [2.24, 2.45) is 0 Å². The van der Waals surface area contributed by atoms with Gasteiger partial charge in [0.15, 0.2) is 0 Å². The third-order valence-corrected chi connectivity index (χ3v) is 2.61. The van der Waals surface area contributed by atoms with Gasteiger partial charge in [0.25, 0.3) is 0 Å². The van der Waals surface area contributed by atoms with Crippen molar-refractivity contribution >= 4 is 11.7 Å². The van der Waals surface area contributed by atoms with Crippen LogP contribution in [0.5, 0.6) is 0 Å². The van der Waals surface area contributed by atoms with Gasteiger partial charge in [-0.3, -0.25) is 4.79 Å². The van der Waals surface area contributed by atoms with E-state index in [-0.39, 0.29) is 11.9 Å². The van der Waals surface area contributed by atoms with E-state index in [1.165, 1.54) is 6.33 Å². The molecule has 0 saturated heterocycles. The van der Waals surface area contributed by atoms with Gasteiger partial charge in [-0.05, 0) is 27.7 Å². The van der Waals surface area contributed by atoms with Crippen molar-refractivity contribution in [2.45, 2.75) is 33.7 Å². The van der Waals surface area contributed by atoms with E-state index in [4.69, 9.17) is 0 Å². The standard InChI is InChI=1S/C12H20N4O/c1-5-16(6-2)12(17)10(4)15-11-7-9(3)13-8-14-11/h7-8,10H,5-6H2,1-4H3,(H,13,14,15). The van der Waals surface area contributed by atoms with E-state index in [1.807, 2.05) is 33.8 Å². The fourth-order valence-electron chi connectivity index (χ4n) is 1.63. The van der Waals surface area contributed by atoms with E-state index in [2.05, 4.69) is 15.3 Å². The van der Waals surface area contributed by atoms with Crippen molar-refractivity contribution in [3.8, 4) is 0 Å². The summed E-state index contributed by atoms with van der Waals surface area (Å²) in [6.45, 7) is 9.14. The number of amides is 1. The maximum absolute atomic E-state index is 12.0. The summed E-state index contributed by atoms with van der Waals surface area (Å²) in [4.78, 5) is 21.9. The van der Waals surface area contributed by atoms with Crippen LogP contribution >= 0.6 is 0 Å². The van der Waals surface area contributed by atoms with Gasteiger partial charge in [-0.1, -0.05) is 0 Å². The summed E-state index contributed by atoms with van der Waals surface area (Å²) in [5.74, 6) is 0.775. The highest BCUT2D eigenvalue weighted by Gasteiger charge is 2.18. The molecule has 5 heteroatoms. The molecular formula is C12H20N4O. The van der Waals surface area contributed by atoms with Gasteiger partial charge in [-0.2, -0.15) is 0 Å². The molecule has 0 radical (unpaired) electrons. The highest BCUT2D eigenvalue weighted by Crippen LogP contribution is 2.06. The molecule has 1 aromatic rings. The van der Waals surface area contributed by atoms with Crippen LogP contribution in [-0.2, 0) is 4.79 Å². The Hall–Kier alpha value is -1.65. The summed E-state index contributed by atoms with van der Waals surface area (Å²) in [7, 11) is 0. The van der Waals surface area contributed by atoms with E-state index >= 15 is 0 Å². The third kappa shape index (κ3) is 3.69. The number of carbonyl (C=O) groups excluding carboxylic acids is 1. The molecular weight excluding hydrogens is 216 g/mol. The summed E-state index contributed by atoms with van der Waals surface area (Å²) >= 11 is 0. The van der Waals surface area contributed by atoms with Crippen molar-refractivity contribution < 1.29 is 4.79 Å². The number of carbonyl (C=O) groups is 1. The summed E-state index contributed by atoms with van der Waals surface area (Å²) in [6.07, 6.45) is 1.49. The molecule has 94 valence electrons. The van der Waals surface area contributed by atoms with E-state index in [0.717, 1.165) is 18.8 Å². The molecule has 1 rings (SSSR count). The molecule has 0 spiro atoms. The summed E-state index contributed by atoms with van der Waals surface area (Å²) in [6, 6.07) is 1.55. The van der Waals surface area contributed by atoms with E-state index in [9.17, 15) is 4.79 Å². The van der Waals surface area contributed by atoms with Crippen LogP contribution in [0.2, 0.25) is 0 Å². The molecule has 0 aliphatic carbocycles. The van der Waals surface area contributed by atoms with E-state index in [1.54, 1.807) is 4.90 Å². The molecule has 1 aromatic heterocycles. The molecule has 1 amide bonds. The van der Waals surface area contributed by atoms with Crippen LogP contribution in [-0.4, -0.2) is 39.9 Å². The molecule has 0 fully saturated rings. The summed E-state index contributed by atoms with van der Waals surface area (Å²) in [5, 5.41) is 3.09. The predicted octanol–water partition coefficient (Wildman–Crippen LogP) is 1.45. The third-order valence-electron chi connectivity index (χ3n) is 2.61. The first-order valence-electron chi connectivity index (χ1n) is 5.92. The second-order valence-corrected chi connectivity index (χ2v) is 3.92. The van der Waals surface area contributed by atoms with Gasteiger partial charge >= 0.3 is 0 Å². The fraction of sp³-hybridized carbons (Fsp3) is 0.583. The molecule has 0 aliphatic rings. The molecule has 0 aromatic carbocycles. The Morgan fingerprint density at radius 1 is 1.41 bits per heavy atom. The van der Waals surface area contributed by atoms with Crippen LogP contribution in [0, 0.1) is 6.92 Å². The lowest BCUT2D eigenvalue weighted by atomic mass is 10.2. The van der Waals surface area contributed by atoms with Crippen LogP contribution in [0.3, 0.4) is 0 Å². The van der Waals surface area contributed by atoms with Crippen molar-refractivity contribution in [2.75, 3.05) is 18.4 Å². The Bertz CT molecular complexity index is 377. The Kier molecular flexibility index (Phi) is 4.87. The van der Waals surface area contributed by atoms with Crippen molar-refractivity contribution in [1.82, 2.24) is 14.9 Å². The maximum atomic E-state index is 12.0. The zero-order chi connectivity index (χ0) is 12.8. The topological polar surface area (TPSA) is 58.1 Å². The largest absolute Gasteiger partial charge is 0.359 e. The van der Waals surface area contributed by atoms with Crippen LogP contribution in [0.25, 0.3) is 0 Å². The number of aromatic nitrogens is 2. The predicted molar refractivity (Wildman–Crippen MR) is 67.8 cm³/mol. The second kappa shape index (κ2) is 6.18. The SMILES string of the molecule is CCN(CC)C(=O)C(C)Nc1cc(C)ncn1. The Morgan fingerprint density at radius 3 is 2.59 bits per heavy atom. The molecule has 1 N–H and O–H groups in total. The number of likely N-dealkylation sites (N-methyl/N-ethyl adjacent to an activating group) is 1. The smallest absolute Gasteiger partial charge is 0.244 e. The quantitative estimate of drug-likeness (QED) is 0.840. The number of rotatable bonds is 5. The second-order valence-electron chi connectivity index (χ2n) is 3.92. The van der Waals surface area contributed by atoms with Crippen LogP contribution in [0.4, 0.5) is 5.82 Å². The molecule has 0 saturated carbocycles. The van der Waals surface area contributed by atoms with Gasteiger partial charge in [0.2, 0.25) is 5.91 Å². The Morgan fingerprint density at radius 2 is 2.06 bits per heavy atom. The maximum Gasteiger partial charge on any atom is 0.244 e. The minimum Gasteiger partial charge on any atom is -0.359 e. The summed E-state index contributed by atoms with van der Waals surface area (Å²) in [5.41, 5.74) is 0.880. The zero-order valence-corrected chi connectivity index (χ0v) is 10.9. The van der Waals surface area contributed by atoms with Gasteiger partial charge in [-0.15, -0.1) is 0 Å². The molecule has 1 unspecified atom stereocenters. The number of hydrogen-bond donors (Lipinski definition) is 1. The lowest BCUT2D eigenvalue weighted by Gasteiger charge is -2.23. The number of hydrogen-bond acceptors (Lipinski definition) is 4. The van der Waals surface area contributed by atoms with Gasteiger partial charge in [0, 0.05) is 24.8 Å². The molecule has 17 heavy (non-hydrogen) atoms. The van der Waals surface area contributed by atoms with Crippen molar-refractivity contribution in [3.05, 3.63) is 18.1 Å². The first-order chi connectivity index (χ1) is 8.08. The fourth-order valence-corrected chi connectivity index (χ4v) is 1.63. The van der Waals surface area contributed by atoms with Crippen LogP contribution in [0.1, 0.15) is 26.5 Å². The Balaban J connectivity index is 2.65. The molecule has 0 aliphatic heterocycles. The van der Waals surface area contributed by atoms with Crippen molar-refractivity contribution in [3.63, 3.8) is 0 Å². The van der Waals surface area contributed by atoms with Gasteiger partial charge in [0.1, 0.15) is 18.2 Å². The highest BCUT2D eigenvalue weighted by molar-refractivity contribution is 5.83. The number of nitrogens with zero attached hydrogens (tertiary/aromatic N) is 3. The normalized spacial score (nSPS) is 12.0. The number of anilines is 1. The molecule has 0 bridgehead atoms. The van der Waals surface area contributed by atoms with E-state index in [0.29, 0.717) is 5.82 Å². The monoisotopic (exact) mass is 236 g/mol. The van der Waals surface area contributed by atoms with Crippen molar-refractivity contribution in [1.29, 1.82) is 0 Å². The number of aryl methyl sites for hydroxylation is 1. The number of nitrogens with one attached hydrogen (secondary N) is 1. The average Bonchev–Trinajstić information content (AvgIpc) is 2.30.